The van der Waals surface area contributed by atoms with Crippen LogP contribution in [0.25, 0.3) is 0 Å². The van der Waals surface area contributed by atoms with E-state index < -0.39 is 15.5 Å². The topological polar surface area (TPSA) is 105 Å². The van der Waals surface area contributed by atoms with Crippen LogP contribution in [0.3, 0.4) is 0 Å². The first-order valence-corrected chi connectivity index (χ1v) is 11.0. The second kappa shape index (κ2) is 9.97. The van der Waals surface area contributed by atoms with Gasteiger partial charge in [-0.1, -0.05) is 0 Å². The Balaban J connectivity index is 0.00000320. The van der Waals surface area contributed by atoms with Crippen molar-refractivity contribution in [3.63, 3.8) is 0 Å². The van der Waals surface area contributed by atoms with Gasteiger partial charge in [-0.2, -0.15) is 22.6 Å². The molecule has 1 fully saturated rings. The molecule has 14 heteroatoms. The zero-order chi connectivity index (χ0) is 21.2. The Morgan fingerprint density at radius 2 is 1.90 bits per heavy atom. The van der Waals surface area contributed by atoms with Crippen molar-refractivity contribution in [3.8, 4) is 0 Å². The van der Waals surface area contributed by atoms with Gasteiger partial charge in [0, 0.05) is 33.2 Å². The highest BCUT2D eigenvalue weighted by Crippen LogP contribution is 2.30. The number of rotatable bonds is 4. The smallest absolute Gasteiger partial charge is 0.356 e. The van der Waals surface area contributed by atoms with Crippen LogP contribution < -0.4 is 10.6 Å². The summed E-state index contributed by atoms with van der Waals surface area (Å²) in [6.07, 6.45) is 2.58. The summed E-state index contributed by atoms with van der Waals surface area (Å²) in [5.41, 5.74) is -5.25. The molecule has 2 N–H and O–H groups in total. The minimum absolute atomic E-state index is 0. The molecule has 3 heterocycles. The summed E-state index contributed by atoms with van der Waals surface area (Å²) in [4.78, 5) is 8.69. The standard InChI is InChI=1S/C16H26F3N7O2S.HI/c1-11-22-14-13(4-3-7-26(14)24-11)23-15(20-2)21-10-12-5-8-25(9-6-12)29(27,28)16(17,18)19;/h12-13H,3-10H2,1-2H3,(H2,20,21,23);1H. The molecule has 1 aromatic rings. The van der Waals surface area contributed by atoms with Gasteiger partial charge < -0.3 is 10.6 Å². The van der Waals surface area contributed by atoms with Gasteiger partial charge in [0.15, 0.2) is 5.96 Å². The van der Waals surface area contributed by atoms with E-state index in [9.17, 15) is 21.6 Å². The van der Waals surface area contributed by atoms with E-state index in [0.29, 0.717) is 29.7 Å². The highest BCUT2D eigenvalue weighted by atomic mass is 127. The highest BCUT2D eigenvalue weighted by Gasteiger charge is 2.50. The predicted octanol–water partition coefficient (Wildman–Crippen LogP) is 1.77. The number of piperidine rings is 1. The van der Waals surface area contributed by atoms with Crippen molar-refractivity contribution in [2.24, 2.45) is 10.9 Å². The number of nitrogens with one attached hydrogen (secondary N) is 2. The lowest BCUT2D eigenvalue weighted by molar-refractivity contribution is -0.0496. The molecule has 0 saturated carbocycles. The zero-order valence-electron chi connectivity index (χ0n) is 16.8. The van der Waals surface area contributed by atoms with Crippen LogP contribution >= 0.6 is 24.0 Å². The number of aryl methyl sites for hydroxylation is 2. The quantitative estimate of drug-likeness (QED) is 0.328. The number of guanidine groups is 1. The van der Waals surface area contributed by atoms with Gasteiger partial charge in [-0.25, -0.2) is 18.1 Å². The molecule has 0 bridgehead atoms. The Morgan fingerprint density at radius 1 is 1.23 bits per heavy atom. The lowest BCUT2D eigenvalue weighted by Crippen LogP contribution is -2.47. The van der Waals surface area contributed by atoms with E-state index in [-0.39, 0.29) is 49.0 Å². The number of sulfonamides is 1. The summed E-state index contributed by atoms with van der Waals surface area (Å²) >= 11 is 0. The van der Waals surface area contributed by atoms with Gasteiger partial charge >= 0.3 is 15.5 Å². The molecule has 1 saturated heterocycles. The molecule has 0 amide bonds. The number of aliphatic imine (C=N–C) groups is 1. The Morgan fingerprint density at radius 3 is 2.50 bits per heavy atom. The van der Waals surface area contributed by atoms with Crippen LogP contribution in [0, 0.1) is 12.8 Å². The van der Waals surface area contributed by atoms with Crippen molar-refractivity contribution in [1.82, 2.24) is 29.7 Å². The van der Waals surface area contributed by atoms with E-state index in [2.05, 4.69) is 25.7 Å². The maximum absolute atomic E-state index is 12.7. The average Bonchev–Trinajstić information content (AvgIpc) is 3.05. The van der Waals surface area contributed by atoms with E-state index in [0.717, 1.165) is 31.0 Å². The number of aromatic nitrogens is 3. The van der Waals surface area contributed by atoms with Gasteiger partial charge in [-0.15, -0.1) is 24.0 Å². The van der Waals surface area contributed by atoms with Gasteiger partial charge in [-0.3, -0.25) is 4.99 Å². The summed E-state index contributed by atoms with van der Waals surface area (Å²) in [7, 11) is -3.60. The van der Waals surface area contributed by atoms with E-state index in [1.54, 1.807) is 7.05 Å². The minimum Gasteiger partial charge on any atom is -0.356 e. The maximum atomic E-state index is 12.7. The molecule has 30 heavy (non-hydrogen) atoms. The van der Waals surface area contributed by atoms with Gasteiger partial charge in [0.25, 0.3) is 0 Å². The Kier molecular flexibility index (Phi) is 8.35. The van der Waals surface area contributed by atoms with Crippen molar-refractivity contribution in [3.05, 3.63) is 11.6 Å². The number of nitrogens with zero attached hydrogens (tertiary/aromatic N) is 5. The second-order valence-electron chi connectivity index (χ2n) is 7.33. The molecule has 3 rings (SSSR count). The number of halogens is 4. The third kappa shape index (κ3) is 5.55. The van der Waals surface area contributed by atoms with E-state index in [1.807, 2.05) is 11.6 Å². The SMILES string of the molecule is CN=C(NCC1CCN(S(=O)(=O)C(F)(F)F)CC1)NC1CCCn2nc(C)nc21.I. The molecule has 1 unspecified atom stereocenters. The van der Waals surface area contributed by atoms with Gasteiger partial charge in [0.1, 0.15) is 11.6 Å². The van der Waals surface area contributed by atoms with Gasteiger partial charge in [0.05, 0.1) is 6.04 Å². The van der Waals surface area contributed by atoms with Crippen LogP contribution in [-0.2, 0) is 16.6 Å². The molecule has 172 valence electrons. The molecule has 0 aromatic carbocycles. The largest absolute Gasteiger partial charge is 0.511 e. The molecular weight excluding hydrogens is 538 g/mol. The molecular formula is C16H27F3IN7O2S. The fraction of sp³-hybridized carbons (Fsp3) is 0.812. The summed E-state index contributed by atoms with van der Waals surface area (Å²) < 4.78 is 63.4. The Bertz CT molecular complexity index is 852. The van der Waals surface area contributed by atoms with E-state index >= 15 is 0 Å². The van der Waals surface area contributed by atoms with Crippen molar-refractivity contribution >= 4 is 40.0 Å². The first kappa shape index (κ1) is 25.1. The number of fused-ring (bicyclic) bond motifs is 1. The van der Waals surface area contributed by atoms with Crippen LogP contribution in [0.5, 0.6) is 0 Å². The zero-order valence-corrected chi connectivity index (χ0v) is 20.0. The van der Waals surface area contributed by atoms with Crippen LogP contribution in [0.4, 0.5) is 13.2 Å². The second-order valence-corrected chi connectivity index (χ2v) is 9.26. The summed E-state index contributed by atoms with van der Waals surface area (Å²) in [5, 5.41) is 10.9. The molecule has 0 aliphatic carbocycles. The molecule has 2 aliphatic heterocycles. The Labute approximate surface area is 191 Å². The van der Waals surface area contributed by atoms with Crippen LogP contribution in [0.2, 0.25) is 0 Å². The molecule has 2 aliphatic rings. The highest BCUT2D eigenvalue weighted by molar-refractivity contribution is 14.0. The summed E-state index contributed by atoms with van der Waals surface area (Å²) in [5.74, 6) is 2.22. The van der Waals surface area contributed by atoms with E-state index in [4.69, 9.17) is 0 Å². The summed E-state index contributed by atoms with van der Waals surface area (Å²) in [6.45, 7) is 2.91. The average molecular weight is 565 g/mol. The molecule has 1 atom stereocenters. The third-order valence-corrected chi connectivity index (χ3v) is 6.91. The normalized spacial score (nSPS) is 21.6. The van der Waals surface area contributed by atoms with Gasteiger partial charge in [0.2, 0.25) is 0 Å². The number of hydrogen-bond donors (Lipinski definition) is 2. The minimum atomic E-state index is -5.25. The molecule has 9 nitrogen and oxygen atoms in total. The first-order chi connectivity index (χ1) is 13.6. The van der Waals surface area contributed by atoms with Crippen molar-refractivity contribution in [2.45, 2.75) is 50.7 Å². The van der Waals surface area contributed by atoms with Gasteiger partial charge in [-0.05, 0) is 38.5 Å². The fourth-order valence-electron chi connectivity index (χ4n) is 3.71. The van der Waals surface area contributed by atoms with Crippen molar-refractivity contribution < 1.29 is 21.6 Å². The van der Waals surface area contributed by atoms with Crippen LogP contribution in [0.15, 0.2) is 4.99 Å². The number of hydrogen-bond acceptors (Lipinski definition) is 5. The lowest BCUT2D eigenvalue weighted by atomic mass is 9.98. The molecule has 1 aromatic heterocycles. The first-order valence-electron chi connectivity index (χ1n) is 9.56. The molecule has 0 spiro atoms. The summed E-state index contributed by atoms with van der Waals surface area (Å²) in [6, 6.07) is -0.0186. The van der Waals surface area contributed by atoms with Crippen molar-refractivity contribution in [1.29, 1.82) is 0 Å². The lowest BCUT2D eigenvalue weighted by Gasteiger charge is -2.32. The fourth-order valence-corrected chi connectivity index (χ4v) is 4.69. The van der Waals surface area contributed by atoms with Crippen LogP contribution in [-0.4, -0.2) is 65.6 Å². The maximum Gasteiger partial charge on any atom is 0.511 e. The predicted molar refractivity (Wildman–Crippen MR) is 116 cm³/mol. The monoisotopic (exact) mass is 565 g/mol. The van der Waals surface area contributed by atoms with Crippen LogP contribution in [0.1, 0.15) is 43.4 Å². The van der Waals surface area contributed by atoms with E-state index in [1.165, 1.54) is 0 Å². The van der Waals surface area contributed by atoms with Crippen molar-refractivity contribution in [2.75, 3.05) is 26.7 Å². The third-order valence-electron chi connectivity index (χ3n) is 5.28. The molecule has 0 radical (unpaired) electrons. The Hall–Kier alpha value is -1.16. The number of alkyl halides is 3.